The van der Waals surface area contributed by atoms with Crippen LogP contribution in [0.25, 0.3) is 0 Å². The van der Waals surface area contributed by atoms with Crippen molar-refractivity contribution in [2.45, 2.75) is 19.4 Å². The monoisotopic (exact) mass is 303 g/mol. The van der Waals surface area contributed by atoms with Crippen LogP contribution < -0.4 is 10.1 Å². The van der Waals surface area contributed by atoms with Crippen LogP contribution in [0.5, 0.6) is 5.75 Å². The molecular formula is C17H21NO4. The van der Waals surface area contributed by atoms with Crippen molar-refractivity contribution >= 4 is 5.91 Å². The van der Waals surface area contributed by atoms with Crippen LogP contribution in [0.4, 0.5) is 0 Å². The Balaban J connectivity index is 1.66. The van der Waals surface area contributed by atoms with E-state index in [1.54, 1.807) is 12.1 Å². The summed E-state index contributed by atoms with van der Waals surface area (Å²) in [6, 6.07) is 12.9. The number of hydrogen-bond donors (Lipinski definition) is 2. The first-order chi connectivity index (χ1) is 10.7. The summed E-state index contributed by atoms with van der Waals surface area (Å²) < 4.78 is 10.6. The first kappa shape index (κ1) is 16.1. The van der Waals surface area contributed by atoms with Crippen molar-refractivity contribution in [1.82, 2.24) is 5.32 Å². The van der Waals surface area contributed by atoms with Gasteiger partial charge in [0, 0.05) is 5.92 Å². The van der Waals surface area contributed by atoms with Gasteiger partial charge in [-0.1, -0.05) is 25.1 Å². The summed E-state index contributed by atoms with van der Waals surface area (Å²) in [5, 5.41) is 12.5. The number of furan rings is 1. The van der Waals surface area contributed by atoms with Crippen molar-refractivity contribution in [2.24, 2.45) is 5.92 Å². The number of carbonyl (C=O) groups excluding carboxylic acids is 1. The van der Waals surface area contributed by atoms with E-state index in [0.29, 0.717) is 18.8 Å². The number of nitrogens with one attached hydrogen (secondary N) is 1. The molecule has 5 nitrogen and oxygen atoms in total. The second-order valence-electron chi connectivity index (χ2n) is 5.13. The maximum atomic E-state index is 12.0. The highest BCUT2D eigenvalue weighted by molar-refractivity contribution is 5.78. The normalized spacial score (nSPS) is 13.4. The largest absolute Gasteiger partial charge is 0.494 e. The predicted molar refractivity (Wildman–Crippen MR) is 82.4 cm³/mol. The number of benzene rings is 1. The molecule has 0 radical (unpaired) electrons. The zero-order chi connectivity index (χ0) is 15.8. The van der Waals surface area contributed by atoms with Gasteiger partial charge in [0.1, 0.15) is 17.6 Å². The number of carbonyl (C=O) groups is 1. The minimum atomic E-state index is -0.827. The van der Waals surface area contributed by atoms with Crippen molar-refractivity contribution in [2.75, 3.05) is 13.2 Å². The molecule has 2 aromatic rings. The van der Waals surface area contributed by atoms with E-state index in [9.17, 15) is 9.90 Å². The van der Waals surface area contributed by atoms with Crippen LogP contribution in [-0.2, 0) is 4.79 Å². The number of ether oxygens (including phenoxy) is 1. The van der Waals surface area contributed by atoms with Crippen molar-refractivity contribution in [3.8, 4) is 5.75 Å². The Morgan fingerprint density at radius 1 is 1.27 bits per heavy atom. The fraction of sp³-hybridized carbons (Fsp3) is 0.353. The third kappa shape index (κ3) is 4.93. The van der Waals surface area contributed by atoms with Crippen LogP contribution in [0.3, 0.4) is 0 Å². The Morgan fingerprint density at radius 2 is 2.05 bits per heavy atom. The molecule has 2 atom stereocenters. The highest BCUT2D eigenvalue weighted by atomic mass is 16.5. The average molecular weight is 303 g/mol. The maximum absolute atomic E-state index is 12.0. The minimum absolute atomic E-state index is 0.109. The Hall–Kier alpha value is -2.27. The smallest absolute Gasteiger partial charge is 0.223 e. The number of amides is 1. The lowest BCUT2D eigenvalue weighted by Crippen LogP contribution is -2.33. The molecule has 1 aromatic heterocycles. The molecular weight excluding hydrogens is 282 g/mol. The summed E-state index contributed by atoms with van der Waals surface area (Å²) in [4.78, 5) is 12.0. The Bertz CT molecular complexity index is 553. The average Bonchev–Trinajstić information content (AvgIpc) is 3.07. The number of para-hydroxylation sites is 1. The van der Waals surface area contributed by atoms with Gasteiger partial charge in [0.15, 0.2) is 0 Å². The van der Waals surface area contributed by atoms with Crippen molar-refractivity contribution in [1.29, 1.82) is 0 Å². The molecule has 0 spiro atoms. The summed E-state index contributed by atoms with van der Waals surface area (Å²) in [7, 11) is 0. The number of hydrogen-bond acceptors (Lipinski definition) is 4. The van der Waals surface area contributed by atoms with Gasteiger partial charge in [0.2, 0.25) is 5.91 Å². The second-order valence-corrected chi connectivity index (χ2v) is 5.13. The van der Waals surface area contributed by atoms with Crippen LogP contribution in [0, 0.1) is 5.92 Å². The van der Waals surface area contributed by atoms with Gasteiger partial charge in [-0.2, -0.15) is 0 Å². The summed E-state index contributed by atoms with van der Waals surface area (Å²) in [6.45, 7) is 2.44. The molecule has 2 unspecified atom stereocenters. The van der Waals surface area contributed by atoms with E-state index in [-0.39, 0.29) is 18.4 Å². The number of rotatable bonds is 8. The highest BCUT2D eigenvalue weighted by Gasteiger charge is 2.16. The topological polar surface area (TPSA) is 71.7 Å². The third-order valence-electron chi connectivity index (χ3n) is 3.35. The molecule has 5 heteroatoms. The number of aliphatic hydroxyl groups is 1. The first-order valence-corrected chi connectivity index (χ1v) is 7.34. The van der Waals surface area contributed by atoms with Crippen LogP contribution >= 0.6 is 0 Å². The highest BCUT2D eigenvalue weighted by Crippen LogP contribution is 2.13. The van der Waals surface area contributed by atoms with Crippen LogP contribution in [0.2, 0.25) is 0 Å². The fourth-order valence-electron chi connectivity index (χ4n) is 1.95. The molecule has 2 N–H and O–H groups in total. The van der Waals surface area contributed by atoms with Gasteiger partial charge in [0.25, 0.3) is 0 Å². The lowest BCUT2D eigenvalue weighted by atomic mass is 10.1. The SMILES string of the molecule is CC(CCOc1ccccc1)C(=O)NCC(O)c1ccco1. The van der Waals surface area contributed by atoms with Crippen LogP contribution in [0.1, 0.15) is 25.2 Å². The summed E-state index contributed by atoms with van der Waals surface area (Å²) in [5.41, 5.74) is 0. The summed E-state index contributed by atoms with van der Waals surface area (Å²) >= 11 is 0. The third-order valence-corrected chi connectivity index (χ3v) is 3.35. The summed E-state index contributed by atoms with van der Waals surface area (Å²) in [6.07, 6.45) is 1.27. The van der Waals surface area contributed by atoms with E-state index in [1.807, 2.05) is 37.3 Å². The van der Waals surface area contributed by atoms with Gasteiger partial charge in [-0.15, -0.1) is 0 Å². The molecule has 22 heavy (non-hydrogen) atoms. The molecule has 0 aliphatic heterocycles. The summed E-state index contributed by atoms with van der Waals surface area (Å²) in [5.74, 6) is 0.943. The van der Waals surface area contributed by atoms with Gasteiger partial charge in [-0.25, -0.2) is 0 Å². The molecule has 0 saturated heterocycles. The van der Waals surface area contributed by atoms with E-state index < -0.39 is 6.10 Å². The minimum Gasteiger partial charge on any atom is -0.494 e. The zero-order valence-corrected chi connectivity index (χ0v) is 12.6. The second kappa shape index (κ2) is 8.24. The van der Waals surface area contributed by atoms with Gasteiger partial charge in [-0.3, -0.25) is 4.79 Å². The molecule has 0 aliphatic carbocycles. The van der Waals surface area contributed by atoms with Crippen molar-refractivity contribution in [3.63, 3.8) is 0 Å². The van der Waals surface area contributed by atoms with E-state index in [2.05, 4.69) is 5.32 Å². The predicted octanol–water partition coefficient (Wildman–Crippen LogP) is 2.53. The molecule has 0 fully saturated rings. The Labute approximate surface area is 129 Å². The molecule has 1 aromatic carbocycles. The molecule has 1 heterocycles. The van der Waals surface area contributed by atoms with Gasteiger partial charge in [-0.05, 0) is 30.7 Å². The molecule has 0 saturated carbocycles. The Kier molecular flexibility index (Phi) is 6.03. The zero-order valence-electron chi connectivity index (χ0n) is 12.6. The maximum Gasteiger partial charge on any atom is 0.223 e. The fourth-order valence-corrected chi connectivity index (χ4v) is 1.95. The van der Waals surface area contributed by atoms with Gasteiger partial charge < -0.3 is 19.6 Å². The Morgan fingerprint density at radius 3 is 2.73 bits per heavy atom. The quantitative estimate of drug-likeness (QED) is 0.786. The van der Waals surface area contributed by atoms with E-state index in [1.165, 1.54) is 6.26 Å². The van der Waals surface area contributed by atoms with Gasteiger partial charge >= 0.3 is 0 Å². The van der Waals surface area contributed by atoms with Crippen LogP contribution in [-0.4, -0.2) is 24.2 Å². The lowest BCUT2D eigenvalue weighted by molar-refractivity contribution is -0.125. The molecule has 1 amide bonds. The van der Waals surface area contributed by atoms with Crippen LogP contribution in [0.15, 0.2) is 53.1 Å². The van der Waals surface area contributed by atoms with E-state index >= 15 is 0 Å². The first-order valence-electron chi connectivity index (χ1n) is 7.34. The standard InChI is InChI=1S/C17H21NO4/c1-13(9-11-21-14-6-3-2-4-7-14)17(20)18-12-15(19)16-8-5-10-22-16/h2-8,10,13,15,19H,9,11-12H2,1H3,(H,18,20). The van der Waals surface area contributed by atoms with Crippen molar-refractivity contribution < 1.29 is 19.1 Å². The van der Waals surface area contributed by atoms with Gasteiger partial charge in [0.05, 0.1) is 19.4 Å². The number of aliphatic hydroxyl groups excluding tert-OH is 1. The van der Waals surface area contributed by atoms with E-state index in [0.717, 1.165) is 5.75 Å². The van der Waals surface area contributed by atoms with E-state index in [4.69, 9.17) is 9.15 Å². The lowest BCUT2D eigenvalue weighted by Gasteiger charge is -2.14. The molecule has 0 bridgehead atoms. The van der Waals surface area contributed by atoms with Crippen molar-refractivity contribution in [3.05, 3.63) is 54.5 Å². The molecule has 2 rings (SSSR count). The molecule has 118 valence electrons. The molecule has 0 aliphatic rings.